The topological polar surface area (TPSA) is 69.1 Å². The Hall–Kier alpha value is -1.33. The van der Waals surface area contributed by atoms with E-state index in [0.29, 0.717) is 23.7 Å². The molecule has 24 heavy (non-hydrogen) atoms. The normalized spacial score (nSPS) is 36.0. The van der Waals surface area contributed by atoms with E-state index in [1.165, 1.54) is 25.9 Å². The zero-order chi connectivity index (χ0) is 16.9. The molecule has 2 saturated carbocycles. The van der Waals surface area contributed by atoms with Crippen LogP contribution in [0.1, 0.15) is 45.1 Å². The molecule has 2 aliphatic carbocycles. The van der Waals surface area contributed by atoms with Crippen LogP contribution in [0, 0.1) is 23.7 Å². The predicted molar refractivity (Wildman–Crippen MR) is 96.1 cm³/mol. The number of hydrogen-bond acceptors (Lipinski definition) is 3. The first-order valence-electron chi connectivity index (χ1n) is 9.11. The highest BCUT2D eigenvalue weighted by atomic mass is 16.3. The van der Waals surface area contributed by atoms with Crippen LogP contribution in [-0.2, 0) is 6.42 Å². The van der Waals surface area contributed by atoms with Gasteiger partial charge in [0.25, 0.3) is 0 Å². The third-order valence-electron chi connectivity index (χ3n) is 6.42. The summed E-state index contributed by atoms with van der Waals surface area (Å²) in [7, 11) is 1.18. The first kappa shape index (κ1) is 16.2. The molecule has 2 heterocycles. The summed E-state index contributed by atoms with van der Waals surface area (Å²) in [4.78, 5) is 7.55. The first-order valence-corrected chi connectivity index (χ1v) is 9.11. The van der Waals surface area contributed by atoms with Gasteiger partial charge in [-0.15, -0.1) is 0 Å². The Morgan fingerprint density at radius 3 is 3.00 bits per heavy atom. The van der Waals surface area contributed by atoms with Gasteiger partial charge in [-0.2, -0.15) is 0 Å². The number of aromatic nitrogens is 2. The van der Waals surface area contributed by atoms with Gasteiger partial charge in [0.05, 0.1) is 5.60 Å². The van der Waals surface area contributed by atoms with Crippen LogP contribution in [0.3, 0.4) is 0 Å². The van der Waals surface area contributed by atoms with Crippen LogP contribution in [0.5, 0.6) is 0 Å². The van der Waals surface area contributed by atoms with Crippen molar-refractivity contribution in [2.75, 3.05) is 0 Å². The molecule has 0 saturated heterocycles. The Bertz CT molecular complexity index is 740. The van der Waals surface area contributed by atoms with Gasteiger partial charge in [-0.3, -0.25) is 0 Å². The van der Waals surface area contributed by atoms with Gasteiger partial charge in [-0.05, 0) is 79.8 Å². The monoisotopic (exact) mass is 325 g/mol. The smallest absolute Gasteiger partial charge is 0.328 e. The summed E-state index contributed by atoms with van der Waals surface area (Å²) < 4.78 is 0. The van der Waals surface area contributed by atoms with Gasteiger partial charge in [0.15, 0.2) is 0 Å². The second-order valence-corrected chi connectivity index (χ2v) is 8.41. The van der Waals surface area contributed by atoms with Gasteiger partial charge in [0.2, 0.25) is 0 Å². The van der Waals surface area contributed by atoms with E-state index in [2.05, 4.69) is 23.0 Å². The molecule has 4 rings (SSSR count). The third-order valence-corrected chi connectivity index (χ3v) is 6.42. The lowest BCUT2D eigenvalue weighted by atomic mass is 9.57. The largest absolute Gasteiger partial charge is 0.450 e. The molecular weight excluding hydrogens is 299 g/mol. The Morgan fingerprint density at radius 2 is 2.21 bits per heavy atom. The molecular formula is C19H26BN2O2. The van der Waals surface area contributed by atoms with E-state index in [0.717, 1.165) is 35.8 Å². The molecule has 127 valence electrons. The molecule has 2 aromatic rings. The zero-order valence-electron chi connectivity index (χ0n) is 14.5. The van der Waals surface area contributed by atoms with Crippen molar-refractivity contribution < 1.29 is 10.1 Å². The molecule has 0 amide bonds. The van der Waals surface area contributed by atoms with Crippen molar-refractivity contribution in [3.63, 3.8) is 0 Å². The Kier molecular flexibility index (Phi) is 3.96. The quantitative estimate of drug-likeness (QED) is 0.758. The summed E-state index contributed by atoms with van der Waals surface area (Å²) in [6.07, 6.45) is 8.90. The summed E-state index contributed by atoms with van der Waals surface area (Å²) in [5, 5.41) is 21.4. The number of aromatic amines is 1. The maximum Gasteiger partial charge on any atom is 0.328 e. The highest BCUT2D eigenvalue weighted by Crippen LogP contribution is 2.50. The fraction of sp³-hybridized carbons (Fsp3) is 0.632. The molecule has 2 fully saturated rings. The lowest BCUT2D eigenvalue weighted by Crippen LogP contribution is -2.45. The molecule has 0 spiro atoms. The summed E-state index contributed by atoms with van der Waals surface area (Å²) in [6.45, 7) is 4.37. The number of nitrogens with zero attached hydrogens (tertiary/aromatic N) is 1. The van der Waals surface area contributed by atoms with Crippen LogP contribution in [-0.4, -0.2) is 33.2 Å². The van der Waals surface area contributed by atoms with Crippen LogP contribution in [0.25, 0.3) is 11.0 Å². The van der Waals surface area contributed by atoms with E-state index in [1.54, 1.807) is 6.20 Å². The molecule has 0 aliphatic heterocycles. The van der Waals surface area contributed by atoms with Crippen molar-refractivity contribution in [3.05, 3.63) is 24.0 Å². The second kappa shape index (κ2) is 5.89. The van der Waals surface area contributed by atoms with E-state index in [4.69, 9.17) is 0 Å². The van der Waals surface area contributed by atoms with Gasteiger partial charge < -0.3 is 15.1 Å². The molecule has 5 unspecified atom stereocenters. The van der Waals surface area contributed by atoms with Gasteiger partial charge in [0, 0.05) is 17.8 Å². The van der Waals surface area contributed by atoms with E-state index in [1.807, 2.05) is 13.1 Å². The van der Waals surface area contributed by atoms with Crippen molar-refractivity contribution in [2.24, 2.45) is 23.7 Å². The average Bonchev–Trinajstić information content (AvgIpc) is 2.98. The van der Waals surface area contributed by atoms with E-state index >= 15 is 0 Å². The molecule has 3 N–H and O–H groups in total. The van der Waals surface area contributed by atoms with Crippen molar-refractivity contribution in [3.8, 4) is 0 Å². The number of rotatable bonds is 3. The maximum absolute atomic E-state index is 10.6. The highest BCUT2D eigenvalue weighted by Gasteiger charge is 2.44. The van der Waals surface area contributed by atoms with Gasteiger partial charge in [0.1, 0.15) is 5.65 Å². The fourth-order valence-corrected chi connectivity index (χ4v) is 5.56. The van der Waals surface area contributed by atoms with Gasteiger partial charge >= 0.3 is 7.48 Å². The second-order valence-electron chi connectivity index (χ2n) is 8.41. The molecule has 5 atom stereocenters. The Morgan fingerprint density at radius 1 is 1.38 bits per heavy atom. The minimum Gasteiger partial charge on any atom is -0.450 e. The molecule has 2 bridgehead atoms. The third kappa shape index (κ3) is 2.78. The summed E-state index contributed by atoms with van der Waals surface area (Å²) in [5.41, 5.74) is 2.37. The summed E-state index contributed by atoms with van der Waals surface area (Å²) in [6, 6.07) is 2.05. The average molecular weight is 325 g/mol. The number of H-pyrrole nitrogens is 1. The summed E-state index contributed by atoms with van der Waals surface area (Å²) >= 11 is 0. The molecule has 2 aromatic heterocycles. The number of aliphatic hydroxyl groups is 1. The molecule has 1 radical (unpaired) electrons. The van der Waals surface area contributed by atoms with E-state index in [9.17, 15) is 10.1 Å². The number of nitrogens with one attached hydrogen (secondary N) is 1. The lowest BCUT2D eigenvalue weighted by molar-refractivity contribution is -0.0680. The number of hydrogen-bond donors (Lipinski definition) is 3. The lowest BCUT2D eigenvalue weighted by Gasteiger charge is -2.49. The van der Waals surface area contributed by atoms with E-state index < -0.39 is 5.60 Å². The fourth-order valence-electron chi connectivity index (χ4n) is 5.56. The number of fused-ring (bicyclic) bond motifs is 3. The van der Waals surface area contributed by atoms with Crippen LogP contribution in [0.4, 0.5) is 0 Å². The van der Waals surface area contributed by atoms with Crippen molar-refractivity contribution in [1.29, 1.82) is 0 Å². The van der Waals surface area contributed by atoms with Crippen LogP contribution in [0.15, 0.2) is 18.5 Å². The number of pyridine rings is 1. The molecule has 4 nitrogen and oxygen atoms in total. The van der Waals surface area contributed by atoms with Gasteiger partial charge in [-0.25, -0.2) is 4.98 Å². The van der Waals surface area contributed by atoms with E-state index in [-0.39, 0.29) is 0 Å². The minimum atomic E-state index is -0.514. The molecule has 5 heteroatoms. The molecule has 2 aliphatic rings. The van der Waals surface area contributed by atoms with Crippen LogP contribution >= 0.6 is 0 Å². The maximum atomic E-state index is 10.6. The van der Waals surface area contributed by atoms with Crippen molar-refractivity contribution in [1.82, 2.24) is 9.97 Å². The predicted octanol–water partition coefficient (Wildman–Crippen LogP) is 2.17. The Balaban J connectivity index is 1.68. The first-order chi connectivity index (χ1) is 11.5. The standard InChI is InChI=1S/C19H26BN2O2/c1-11-5-12-6-13(9-19(2,23)8-12)15(11)7-16-14-3-4-21-18(14)22-10-17(16)20-24/h3-4,10-13,15,23-24H,5-9H2,1-2H3,(H,21,22). The van der Waals surface area contributed by atoms with Crippen LogP contribution < -0.4 is 5.46 Å². The minimum absolute atomic E-state index is 0.514. The van der Waals surface area contributed by atoms with Gasteiger partial charge in [-0.1, -0.05) is 6.92 Å². The van der Waals surface area contributed by atoms with Crippen molar-refractivity contribution >= 4 is 24.0 Å². The van der Waals surface area contributed by atoms with Crippen molar-refractivity contribution in [2.45, 2.75) is 51.6 Å². The zero-order valence-corrected chi connectivity index (χ0v) is 14.5. The molecule has 0 aromatic carbocycles. The Labute approximate surface area is 144 Å². The van der Waals surface area contributed by atoms with Crippen LogP contribution in [0.2, 0.25) is 0 Å². The summed E-state index contributed by atoms with van der Waals surface area (Å²) in [5.74, 6) is 2.43. The SMILES string of the molecule is CC1CC2CC(CC(C)(O)C2)C1Cc1c([B]O)cnc2[nH]ccc12. The highest BCUT2D eigenvalue weighted by molar-refractivity contribution is 6.46.